The van der Waals surface area contributed by atoms with E-state index in [-0.39, 0.29) is 0 Å². The Morgan fingerprint density at radius 3 is 2.56 bits per heavy atom. The highest BCUT2D eigenvalue weighted by molar-refractivity contribution is 4.91. The van der Waals surface area contributed by atoms with E-state index in [1.165, 1.54) is 44.9 Å². The van der Waals surface area contributed by atoms with Crippen LogP contribution in [0.5, 0.6) is 0 Å². The van der Waals surface area contributed by atoms with E-state index in [1.807, 2.05) is 0 Å². The molecule has 1 N–H and O–H groups in total. The van der Waals surface area contributed by atoms with Gasteiger partial charge < -0.3 is 5.32 Å². The van der Waals surface area contributed by atoms with Crippen molar-refractivity contribution in [2.45, 2.75) is 71.3 Å². The molecule has 1 heteroatoms. The lowest BCUT2D eigenvalue weighted by Crippen LogP contribution is -2.45. The maximum atomic E-state index is 3.85. The second-order valence-electron chi connectivity index (χ2n) is 5.59. The summed E-state index contributed by atoms with van der Waals surface area (Å²) in [6.45, 7) is 9.76. The van der Waals surface area contributed by atoms with Crippen LogP contribution >= 0.6 is 0 Å². The molecule has 0 bridgehead atoms. The minimum absolute atomic E-state index is 0.538. The number of allylic oxidation sites excluding steroid dienone is 1. The van der Waals surface area contributed by atoms with E-state index in [9.17, 15) is 0 Å². The number of nitrogens with one attached hydrogen (secondary N) is 1. The molecule has 1 rings (SSSR count). The van der Waals surface area contributed by atoms with Crippen molar-refractivity contribution in [3.05, 3.63) is 12.7 Å². The Hall–Kier alpha value is -0.300. The van der Waals surface area contributed by atoms with E-state index in [0.29, 0.717) is 11.5 Å². The van der Waals surface area contributed by atoms with Crippen LogP contribution in [-0.2, 0) is 0 Å². The van der Waals surface area contributed by atoms with Crippen LogP contribution < -0.4 is 5.32 Å². The average molecular weight is 223 g/mol. The summed E-state index contributed by atoms with van der Waals surface area (Å²) in [6, 6.07) is 0.700. The van der Waals surface area contributed by atoms with E-state index >= 15 is 0 Å². The molecule has 0 aromatic rings. The van der Waals surface area contributed by atoms with Crippen LogP contribution in [0.3, 0.4) is 0 Å². The molecule has 0 heterocycles. The Balaban J connectivity index is 2.53. The molecule has 1 aliphatic carbocycles. The molecule has 0 aliphatic heterocycles. The summed E-state index contributed by atoms with van der Waals surface area (Å²) in [5.74, 6) is 0. The zero-order valence-corrected chi connectivity index (χ0v) is 11.2. The predicted molar refractivity (Wildman–Crippen MR) is 72.7 cm³/mol. The largest absolute Gasteiger partial charge is 0.313 e. The fourth-order valence-electron chi connectivity index (χ4n) is 3.01. The highest BCUT2D eigenvalue weighted by Gasteiger charge is 2.34. The fourth-order valence-corrected chi connectivity index (χ4v) is 3.01. The Kier molecular flexibility index (Phi) is 6.12. The summed E-state index contributed by atoms with van der Waals surface area (Å²) in [4.78, 5) is 0. The maximum absolute atomic E-state index is 3.85. The van der Waals surface area contributed by atoms with Gasteiger partial charge in [-0.05, 0) is 44.1 Å². The van der Waals surface area contributed by atoms with Gasteiger partial charge in [0, 0.05) is 6.04 Å². The van der Waals surface area contributed by atoms with Crippen molar-refractivity contribution in [3.63, 3.8) is 0 Å². The number of hydrogen-bond acceptors (Lipinski definition) is 1. The summed E-state index contributed by atoms with van der Waals surface area (Å²) in [5, 5.41) is 3.77. The molecule has 0 aromatic carbocycles. The Bertz CT molecular complexity index is 192. The van der Waals surface area contributed by atoms with Gasteiger partial charge >= 0.3 is 0 Å². The molecular formula is C15H29N. The quantitative estimate of drug-likeness (QED) is 0.635. The Morgan fingerprint density at radius 1 is 1.31 bits per heavy atom. The van der Waals surface area contributed by atoms with E-state index in [0.717, 1.165) is 13.0 Å². The van der Waals surface area contributed by atoms with Crippen LogP contribution in [0, 0.1) is 5.41 Å². The van der Waals surface area contributed by atoms with Crippen LogP contribution in [-0.4, -0.2) is 12.6 Å². The van der Waals surface area contributed by atoms with Gasteiger partial charge in [0.2, 0.25) is 0 Å². The average Bonchev–Trinajstić information content (AvgIpc) is 2.30. The minimum atomic E-state index is 0.538. The zero-order chi connectivity index (χ0) is 11.9. The molecular weight excluding hydrogens is 194 g/mol. The molecule has 0 spiro atoms. The molecule has 0 amide bonds. The van der Waals surface area contributed by atoms with Gasteiger partial charge in [-0.1, -0.05) is 39.2 Å². The van der Waals surface area contributed by atoms with E-state index in [4.69, 9.17) is 0 Å². The summed E-state index contributed by atoms with van der Waals surface area (Å²) in [6.07, 6.45) is 12.8. The third-order valence-electron chi connectivity index (χ3n) is 4.14. The van der Waals surface area contributed by atoms with Gasteiger partial charge in [0.15, 0.2) is 0 Å². The van der Waals surface area contributed by atoms with Gasteiger partial charge in [0.25, 0.3) is 0 Å². The monoisotopic (exact) mass is 223 g/mol. The number of rotatable bonds is 7. The third-order valence-corrected chi connectivity index (χ3v) is 4.14. The zero-order valence-electron chi connectivity index (χ0n) is 11.2. The molecule has 1 aliphatic rings. The van der Waals surface area contributed by atoms with Crippen molar-refractivity contribution < 1.29 is 0 Å². The highest BCUT2D eigenvalue weighted by atomic mass is 14.9. The first-order valence-electron chi connectivity index (χ1n) is 7.07. The van der Waals surface area contributed by atoms with E-state index in [1.54, 1.807) is 0 Å². The standard InChI is InChI=1S/C15H29N/c1-4-6-10-14(16-13-5-2)15(3)11-8-7-9-12-15/h4,14,16H,1,5-13H2,2-3H3. The SMILES string of the molecule is C=CCCC(NCCC)C1(C)CCCCC1. The molecule has 1 nitrogen and oxygen atoms in total. The summed E-state index contributed by atoms with van der Waals surface area (Å²) in [5.41, 5.74) is 0.538. The molecule has 1 fully saturated rings. The Morgan fingerprint density at radius 2 is 2.00 bits per heavy atom. The van der Waals surface area contributed by atoms with Crippen molar-refractivity contribution in [1.82, 2.24) is 5.32 Å². The summed E-state index contributed by atoms with van der Waals surface area (Å²) < 4.78 is 0. The molecule has 0 aromatic heterocycles. The first-order chi connectivity index (χ1) is 7.73. The third kappa shape index (κ3) is 3.93. The number of hydrogen-bond donors (Lipinski definition) is 1. The van der Waals surface area contributed by atoms with Crippen molar-refractivity contribution in [3.8, 4) is 0 Å². The van der Waals surface area contributed by atoms with Gasteiger partial charge in [-0.3, -0.25) is 0 Å². The molecule has 1 unspecified atom stereocenters. The van der Waals surface area contributed by atoms with Gasteiger partial charge in [0.05, 0.1) is 0 Å². The molecule has 94 valence electrons. The topological polar surface area (TPSA) is 12.0 Å². The van der Waals surface area contributed by atoms with Crippen LogP contribution in [0.25, 0.3) is 0 Å². The molecule has 16 heavy (non-hydrogen) atoms. The maximum Gasteiger partial charge on any atom is 0.0124 e. The lowest BCUT2D eigenvalue weighted by Gasteiger charge is -2.41. The van der Waals surface area contributed by atoms with Crippen molar-refractivity contribution >= 4 is 0 Å². The van der Waals surface area contributed by atoms with Gasteiger partial charge in [-0.25, -0.2) is 0 Å². The molecule has 1 saturated carbocycles. The first kappa shape index (κ1) is 13.8. The fraction of sp³-hybridized carbons (Fsp3) is 0.867. The summed E-state index contributed by atoms with van der Waals surface area (Å²) >= 11 is 0. The molecule has 1 atom stereocenters. The van der Waals surface area contributed by atoms with E-state index < -0.39 is 0 Å². The molecule has 0 radical (unpaired) electrons. The van der Waals surface area contributed by atoms with Gasteiger partial charge in [0.1, 0.15) is 0 Å². The second kappa shape index (κ2) is 7.11. The first-order valence-corrected chi connectivity index (χ1v) is 7.07. The minimum Gasteiger partial charge on any atom is -0.313 e. The van der Waals surface area contributed by atoms with E-state index in [2.05, 4.69) is 31.8 Å². The van der Waals surface area contributed by atoms with Crippen molar-refractivity contribution in [2.24, 2.45) is 5.41 Å². The van der Waals surface area contributed by atoms with Crippen molar-refractivity contribution in [1.29, 1.82) is 0 Å². The van der Waals surface area contributed by atoms with Gasteiger partial charge in [-0.15, -0.1) is 6.58 Å². The van der Waals surface area contributed by atoms with Crippen molar-refractivity contribution in [2.75, 3.05) is 6.54 Å². The van der Waals surface area contributed by atoms with Gasteiger partial charge in [-0.2, -0.15) is 0 Å². The smallest absolute Gasteiger partial charge is 0.0124 e. The lowest BCUT2D eigenvalue weighted by molar-refractivity contribution is 0.138. The van der Waals surface area contributed by atoms with Crippen LogP contribution in [0.1, 0.15) is 65.2 Å². The van der Waals surface area contributed by atoms with Crippen LogP contribution in [0.2, 0.25) is 0 Å². The predicted octanol–water partition coefficient (Wildman–Crippen LogP) is 4.29. The molecule has 0 saturated heterocycles. The lowest BCUT2D eigenvalue weighted by atomic mass is 9.69. The van der Waals surface area contributed by atoms with Crippen LogP contribution in [0.4, 0.5) is 0 Å². The summed E-state index contributed by atoms with van der Waals surface area (Å²) in [7, 11) is 0. The Labute approximate surface area is 102 Å². The second-order valence-corrected chi connectivity index (χ2v) is 5.59. The normalized spacial score (nSPS) is 21.6. The highest BCUT2D eigenvalue weighted by Crippen LogP contribution is 2.40. The van der Waals surface area contributed by atoms with Crippen LogP contribution in [0.15, 0.2) is 12.7 Å².